The van der Waals surface area contributed by atoms with Crippen LogP contribution >= 0.6 is 22.9 Å². The van der Waals surface area contributed by atoms with Gasteiger partial charge in [0.05, 0.1) is 40.3 Å². The Kier molecular flexibility index (Phi) is 8.87. The summed E-state index contributed by atoms with van der Waals surface area (Å²) in [4.78, 5) is 74.2. The van der Waals surface area contributed by atoms with Crippen molar-refractivity contribution >= 4 is 73.9 Å². The van der Waals surface area contributed by atoms with Crippen molar-refractivity contribution in [2.45, 2.75) is 39.5 Å². The number of allylic oxidation sites excluding steroid dienone is 2. The Balaban J connectivity index is 1.15. The molecule has 1 saturated carbocycles. The number of ether oxygens (including phenoxy) is 1. The van der Waals surface area contributed by atoms with E-state index in [2.05, 4.69) is 0 Å². The maximum atomic E-state index is 15.2. The Morgan fingerprint density at radius 1 is 0.982 bits per heavy atom. The van der Waals surface area contributed by atoms with Crippen LogP contribution in [0.25, 0.3) is 20.7 Å². The van der Waals surface area contributed by atoms with Crippen LogP contribution in [0, 0.1) is 36.0 Å². The van der Waals surface area contributed by atoms with Crippen LogP contribution in [0.15, 0.2) is 84.4 Å². The SMILES string of the molecule is CC(=O)c1ccc(N2C(=O)[C@H]3[C@H](CC=C4[C@H]3C[C@H]3C(=O)N(c5cc(-c6sc7ccc(Cl)cc7c6C)nn5C)C(=O)[C@@]3(C)[C@H]4c3ccccc3OCCO)C2=O)cc1. The number of fused-ring (bicyclic) bond motifs is 5. The van der Waals surface area contributed by atoms with Gasteiger partial charge < -0.3 is 9.84 Å². The molecule has 11 nitrogen and oxygen atoms in total. The Hall–Kier alpha value is -5.43. The van der Waals surface area contributed by atoms with Crippen LogP contribution in [0.5, 0.6) is 5.75 Å². The van der Waals surface area contributed by atoms with Crippen molar-refractivity contribution in [2.24, 2.45) is 36.1 Å². The van der Waals surface area contributed by atoms with Gasteiger partial charge in [-0.1, -0.05) is 41.4 Å². The van der Waals surface area contributed by atoms with Crippen molar-refractivity contribution in [3.63, 3.8) is 0 Å². The number of halogens is 1. The van der Waals surface area contributed by atoms with Crippen LogP contribution in [0.1, 0.15) is 54.1 Å². The first-order valence-electron chi connectivity index (χ1n) is 19.0. The van der Waals surface area contributed by atoms with E-state index in [9.17, 15) is 24.3 Å². The normalized spacial score (nSPS) is 25.5. The van der Waals surface area contributed by atoms with E-state index in [1.807, 2.05) is 56.3 Å². The summed E-state index contributed by atoms with van der Waals surface area (Å²) >= 11 is 7.89. The van der Waals surface area contributed by atoms with Crippen molar-refractivity contribution in [1.29, 1.82) is 0 Å². The van der Waals surface area contributed by atoms with Gasteiger partial charge in [-0.25, -0.2) is 4.90 Å². The molecule has 9 rings (SSSR count). The summed E-state index contributed by atoms with van der Waals surface area (Å²) in [6, 6.07) is 21.3. The maximum absolute atomic E-state index is 15.2. The Labute approximate surface area is 337 Å². The topological polar surface area (TPSA) is 139 Å². The van der Waals surface area contributed by atoms with Crippen LogP contribution < -0.4 is 14.5 Å². The fourth-order valence-corrected chi connectivity index (χ4v) is 11.2. The van der Waals surface area contributed by atoms with E-state index in [0.717, 1.165) is 26.1 Å². The van der Waals surface area contributed by atoms with Gasteiger partial charge in [-0.15, -0.1) is 11.3 Å². The molecule has 4 aliphatic rings. The van der Waals surface area contributed by atoms with E-state index >= 15 is 4.79 Å². The van der Waals surface area contributed by atoms with Gasteiger partial charge in [0.1, 0.15) is 23.9 Å². The minimum Gasteiger partial charge on any atom is -0.491 e. The molecule has 0 unspecified atom stereocenters. The van der Waals surface area contributed by atoms with Crippen molar-refractivity contribution in [3.8, 4) is 16.3 Å². The smallest absolute Gasteiger partial charge is 0.242 e. The number of rotatable bonds is 8. The number of carbonyl (C=O) groups excluding carboxylic acids is 5. The van der Waals surface area contributed by atoms with Gasteiger partial charge in [-0.2, -0.15) is 5.10 Å². The summed E-state index contributed by atoms with van der Waals surface area (Å²) in [5, 5.41) is 16.2. The highest BCUT2D eigenvalue weighted by atomic mass is 35.5. The molecule has 6 atom stereocenters. The van der Waals surface area contributed by atoms with Crippen LogP contribution in [0.4, 0.5) is 11.5 Å². The number of nitrogens with zero attached hydrogens (tertiary/aromatic N) is 4. The molecule has 2 aliphatic heterocycles. The monoisotopic (exact) mass is 802 g/mol. The summed E-state index contributed by atoms with van der Waals surface area (Å²) in [6.07, 6.45) is 2.45. The fraction of sp³-hybridized carbons (Fsp3) is 0.318. The zero-order chi connectivity index (χ0) is 40.1. The second-order valence-electron chi connectivity index (χ2n) is 15.6. The summed E-state index contributed by atoms with van der Waals surface area (Å²) in [7, 11) is 1.71. The molecule has 2 saturated heterocycles. The van der Waals surface area contributed by atoms with Gasteiger partial charge in [0.2, 0.25) is 23.6 Å². The molecular formula is C44H39ClN4O7S. The highest BCUT2D eigenvalue weighted by Crippen LogP contribution is 2.64. The minimum absolute atomic E-state index is 0.0154. The maximum Gasteiger partial charge on any atom is 0.242 e. The van der Waals surface area contributed by atoms with Crippen molar-refractivity contribution in [3.05, 3.63) is 106 Å². The van der Waals surface area contributed by atoms with Crippen LogP contribution in [-0.4, -0.2) is 57.5 Å². The zero-order valence-corrected chi connectivity index (χ0v) is 33.3. The lowest BCUT2D eigenvalue weighted by Crippen LogP contribution is -2.49. The molecule has 13 heteroatoms. The molecule has 57 heavy (non-hydrogen) atoms. The predicted molar refractivity (Wildman–Crippen MR) is 216 cm³/mol. The number of thiophene rings is 1. The van der Waals surface area contributed by atoms with Crippen LogP contribution in [0.3, 0.4) is 0 Å². The lowest BCUT2D eigenvalue weighted by atomic mass is 9.51. The number of aryl methyl sites for hydroxylation is 2. The molecular weight excluding hydrogens is 764 g/mol. The Morgan fingerprint density at radius 2 is 1.74 bits per heavy atom. The third kappa shape index (κ3) is 5.48. The van der Waals surface area contributed by atoms with Crippen LogP contribution in [0.2, 0.25) is 5.02 Å². The second kappa shape index (κ2) is 13.6. The molecule has 3 fully saturated rings. The molecule has 5 aromatic rings. The number of hydrogen-bond acceptors (Lipinski definition) is 9. The standard InChI is InChI=1S/C44H39ClN4O7S/c1-22-30-19-25(45)11-16-35(30)57-39(22)33-21-36(47(4)46-33)49-41(53)32-20-31-27(38(44(32,3)43(49)55)28-7-5-6-8-34(28)56-18-17-50)14-15-29-37(31)42(54)48(40(29)52)26-12-9-24(10-13-26)23(2)51/h5-14,16,19,21,29,31-32,37-38,50H,15,17-18,20H2,1-4H3/t29-,31+,32-,37-,38+,44+/m0/s1. The molecule has 0 radical (unpaired) electrons. The Morgan fingerprint density at radius 3 is 2.47 bits per heavy atom. The number of anilines is 2. The van der Waals surface area contributed by atoms with E-state index in [-0.39, 0.29) is 43.7 Å². The number of imide groups is 2. The zero-order valence-electron chi connectivity index (χ0n) is 31.7. The highest BCUT2D eigenvalue weighted by molar-refractivity contribution is 7.22. The molecule has 290 valence electrons. The van der Waals surface area contributed by atoms with Gasteiger partial charge in [0.25, 0.3) is 0 Å². The molecule has 3 aromatic carbocycles. The van der Waals surface area contributed by atoms with Crippen molar-refractivity contribution in [1.82, 2.24) is 9.78 Å². The van der Waals surface area contributed by atoms with Gasteiger partial charge in [-0.3, -0.25) is 33.6 Å². The lowest BCUT2D eigenvalue weighted by molar-refractivity contribution is -0.131. The number of aliphatic hydroxyl groups excluding tert-OH is 1. The van der Waals surface area contributed by atoms with E-state index in [1.54, 1.807) is 59.5 Å². The van der Waals surface area contributed by atoms with Crippen molar-refractivity contribution < 1.29 is 33.8 Å². The summed E-state index contributed by atoms with van der Waals surface area (Å²) < 4.78 is 8.67. The summed E-state index contributed by atoms with van der Waals surface area (Å²) in [6.45, 7) is 5.07. The first kappa shape index (κ1) is 37.2. The molecule has 0 bridgehead atoms. The number of para-hydroxylation sites is 1. The number of aromatic nitrogens is 2. The number of amides is 4. The first-order valence-corrected chi connectivity index (χ1v) is 20.2. The minimum atomic E-state index is -1.31. The molecule has 1 N–H and O–H groups in total. The highest BCUT2D eigenvalue weighted by Gasteiger charge is 2.68. The fourth-order valence-electron chi connectivity index (χ4n) is 9.90. The van der Waals surface area contributed by atoms with Crippen LogP contribution in [-0.2, 0) is 26.2 Å². The van der Waals surface area contributed by atoms with E-state index < -0.39 is 46.8 Å². The predicted octanol–water partition coefficient (Wildman–Crippen LogP) is 7.27. The lowest BCUT2D eigenvalue weighted by Gasteiger charge is -2.49. The second-order valence-corrected chi connectivity index (χ2v) is 17.1. The number of aliphatic hydroxyl groups is 1. The molecule has 2 aromatic heterocycles. The summed E-state index contributed by atoms with van der Waals surface area (Å²) in [5.74, 6) is -4.36. The number of hydrogen-bond donors (Lipinski definition) is 1. The number of benzene rings is 3. The molecule has 4 amide bonds. The average Bonchev–Trinajstić information content (AvgIpc) is 3.87. The average molecular weight is 803 g/mol. The van der Waals surface area contributed by atoms with E-state index in [1.165, 1.54) is 16.7 Å². The summed E-state index contributed by atoms with van der Waals surface area (Å²) in [5.41, 5.74) is 2.63. The molecule has 4 heterocycles. The third-order valence-electron chi connectivity index (χ3n) is 12.6. The number of ketones is 1. The van der Waals surface area contributed by atoms with Gasteiger partial charge in [0.15, 0.2) is 5.78 Å². The Bertz CT molecular complexity index is 2590. The third-order valence-corrected chi connectivity index (χ3v) is 14.1. The largest absolute Gasteiger partial charge is 0.491 e. The van der Waals surface area contributed by atoms with Gasteiger partial charge >= 0.3 is 0 Å². The van der Waals surface area contributed by atoms with Gasteiger partial charge in [-0.05, 0) is 99.0 Å². The number of carbonyl (C=O) groups is 5. The quantitative estimate of drug-likeness (QED) is 0.0983. The van der Waals surface area contributed by atoms with E-state index in [0.29, 0.717) is 39.1 Å². The van der Waals surface area contributed by atoms with Gasteiger partial charge in [0, 0.05) is 39.9 Å². The number of Topliss-reactive ketones (excluding diaryl/α,β-unsaturated/α-hetero) is 1. The first-order chi connectivity index (χ1) is 27.3. The molecule has 2 aliphatic carbocycles. The van der Waals surface area contributed by atoms with Crippen molar-refractivity contribution in [2.75, 3.05) is 23.0 Å². The molecule has 0 spiro atoms. The van der Waals surface area contributed by atoms with E-state index in [4.69, 9.17) is 21.4 Å².